The lowest BCUT2D eigenvalue weighted by Crippen LogP contribution is -2.04. The van der Waals surface area contributed by atoms with E-state index in [0.29, 0.717) is 12.1 Å². The van der Waals surface area contributed by atoms with Gasteiger partial charge in [0.25, 0.3) is 0 Å². The molecule has 0 saturated heterocycles. The molecule has 21 heavy (non-hydrogen) atoms. The van der Waals surface area contributed by atoms with Gasteiger partial charge in [0.1, 0.15) is 5.69 Å². The first-order valence-corrected chi connectivity index (χ1v) is 7.38. The van der Waals surface area contributed by atoms with Crippen molar-refractivity contribution < 1.29 is 4.79 Å². The third-order valence-corrected chi connectivity index (χ3v) is 4.37. The molecule has 3 rings (SSSR count). The number of aromatic nitrogens is 4. The molecular weight excluding hydrogens is 284 g/mol. The number of rotatable bonds is 4. The van der Waals surface area contributed by atoms with Crippen molar-refractivity contribution in [2.24, 2.45) is 0 Å². The Balaban J connectivity index is 2.06. The van der Waals surface area contributed by atoms with Gasteiger partial charge in [-0.1, -0.05) is 46.9 Å². The number of nitrogens with zero attached hydrogens (tertiary/aromatic N) is 4. The van der Waals surface area contributed by atoms with E-state index >= 15 is 0 Å². The van der Waals surface area contributed by atoms with Crippen molar-refractivity contribution in [3.05, 3.63) is 57.9 Å². The van der Waals surface area contributed by atoms with E-state index in [9.17, 15) is 4.79 Å². The van der Waals surface area contributed by atoms with Crippen LogP contribution in [0.2, 0.25) is 0 Å². The van der Waals surface area contributed by atoms with Gasteiger partial charge in [0.05, 0.1) is 11.4 Å². The van der Waals surface area contributed by atoms with Crippen LogP contribution in [0.15, 0.2) is 30.3 Å². The van der Waals surface area contributed by atoms with Gasteiger partial charge in [-0.25, -0.2) is 4.98 Å². The molecule has 5 nitrogen and oxygen atoms in total. The fourth-order valence-electron chi connectivity index (χ4n) is 2.06. The predicted octanol–water partition coefficient (Wildman–Crippen LogP) is 2.74. The molecule has 3 aromatic rings. The number of carbonyl (C=O) groups excluding carboxylic acids is 1. The SMILES string of the molecule is Cc1nc(-n2nnc(C=O)c2Cc2ccccc2)sc1C. The molecule has 6 heteroatoms. The highest BCUT2D eigenvalue weighted by molar-refractivity contribution is 7.14. The topological polar surface area (TPSA) is 60.7 Å². The van der Waals surface area contributed by atoms with Crippen molar-refractivity contribution in [1.29, 1.82) is 0 Å². The lowest BCUT2D eigenvalue weighted by atomic mass is 10.1. The van der Waals surface area contributed by atoms with E-state index in [1.807, 2.05) is 44.2 Å². The molecule has 106 valence electrons. The van der Waals surface area contributed by atoms with Gasteiger partial charge in [-0.2, -0.15) is 4.68 Å². The Bertz CT molecular complexity index is 757. The molecule has 2 aromatic heterocycles. The molecular formula is C15H14N4OS. The van der Waals surface area contributed by atoms with Gasteiger partial charge < -0.3 is 0 Å². The van der Waals surface area contributed by atoms with Crippen molar-refractivity contribution in [1.82, 2.24) is 20.0 Å². The molecule has 1 aromatic carbocycles. The van der Waals surface area contributed by atoms with Crippen LogP contribution in [0.3, 0.4) is 0 Å². The smallest absolute Gasteiger partial charge is 0.212 e. The zero-order chi connectivity index (χ0) is 14.8. The van der Waals surface area contributed by atoms with Gasteiger partial charge in [0, 0.05) is 11.3 Å². The van der Waals surface area contributed by atoms with Crippen LogP contribution in [0.5, 0.6) is 0 Å². The van der Waals surface area contributed by atoms with Crippen LogP contribution in [0, 0.1) is 13.8 Å². The quantitative estimate of drug-likeness (QED) is 0.695. The average Bonchev–Trinajstić information content (AvgIpc) is 3.04. The molecule has 2 heterocycles. The summed E-state index contributed by atoms with van der Waals surface area (Å²) in [5, 5.41) is 8.80. The zero-order valence-electron chi connectivity index (χ0n) is 11.8. The molecule has 0 aliphatic heterocycles. The van der Waals surface area contributed by atoms with Crippen molar-refractivity contribution in [2.75, 3.05) is 0 Å². The molecule has 0 spiro atoms. The molecule has 0 unspecified atom stereocenters. The summed E-state index contributed by atoms with van der Waals surface area (Å²) in [6.07, 6.45) is 1.34. The van der Waals surface area contributed by atoms with Crippen LogP contribution in [0.4, 0.5) is 0 Å². The van der Waals surface area contributed by atoms with Crippen LogP contribution in [-0.4, -0.2) is 26.3 Å². The Kier molecular flexibility index (Phi) is 3.62. The second-order valence-corrected chi connectivity index (χ2v) is 5.93. The van der Waals surface area contributed by atoms with E-state index in [1.165, 1.54) is 0 Å². The number of aryl methyl sites for hydroxylation is 2. The van der Waals surface area contributed by atoms with Crippen LogP contribution < -0.4 is 0 Å². The molecule has 0 aliphatic carbocycles. The molecule has 0 atom stereocenters. The third-order valence-electron chi connectivity index (χ3n) is 3.32. The summed E-state index contributed by atoms with van der Waals surface area (Å²) in [5.41, 5.74) is 3.22. The molecule has 0 radical (unpaired) electrons. The van der Waals surface area contributed by atoms with E-state index in [2.05, 4.69) is 15.3 Å². The largest absolute Gasteiger partial charge is 0.296 e. The highest BCUT2D eigenvalue weighted by Crippen LogP contribution is 2.22. The molecule has 0 saturated carbocycles. The first-order chi connectivity index (χ1) is 10.2. The maximum atomic E-state index is 11.2. The fourth-order valence-corrected chi connectivity index (χ4v) is 2.94. The number of hydrogen-bond donors (Lipinski definition) is 0. The van der Waals surface area contributed by atoms with E-state index < -0.39 is 0 Å². The zero-order valence-corrected chi connectivity index (χ0v) is 12.6. The normalized spacial score (nSPS) is 10.8. The highest BCUT2D eigenvalue weighted by Gasteiger charge is 2.17. The maximum absolute atomic E-state index is 11.2. The van der Waals surface area contributed by atoms with E-state index in [4.69, 9.17) is 0 Å². The van der Waals surface area contributed by atoms with Gasteiger partial charge in [-0.3, -0.25) is 4.79 Å². The first kappa shape index (κ1) is 13.6. The minimum Gasteiger partial charge on any atom is -0.296 e. The van der Waals surface area contributed by atoms with Crippen molar-refractivity contribution in [3.8, 4) is 5.13 Å². The van der Waals surface area contributed by atoms with E-state index in [1.54, 1.807) is 16.0 Å². The molecule has 0 fully saturated rings. The minimum absolute atomic E-state index is 0.365. The lowest BCUT2D eigenvalue weighted by molar-refractivity contribution is 0.111. The molecule has 0 aliphatic rings. The summed E-state index contributed by atoms with van der Waals surface area (Å²) >= 11 is 1.55. The lowest BCUT2D eigenvalue weighted by Gasteiger charge is -2.04. The Morgan fingerprint density at radius 1 is 1.24 bits per heavy atom. The number of carbonyl (C=O) groups is 1. The molecule has 0 amide bonds. The molecule has 0 N–H and O–H groups in total. The van der Waals surface area contributed by atoms with E-state index in [-0.39, 0.29) is 0 Å². The second-order valence-electron chi connectivity index (χ2n) is 4.75. The Hall–Kier alpha value is -2.34. The average molecular weight is 298 g/mol. The number of thiazole rings is 1. The maximum Gasteiger partial charge on any atom is 0.212 e. The van der Waals surface area contributed by atoms with Gasteiger partial charge in [-0.05, 0) is 19.4 Å². The van der Waals surface area contributed by atoms with Crippen LogP contribution in [0.25, 0.3) is 5.13 Å². The Morgan fingerprint density at radius 3 is 2.62 bits per heavy atom. The van der Waals surface area contributed by atoms with Crippen molar-refractivity contribution in [3.63, 3.8) is 0 Å². The number of hydrogen-bond acceptors (Lipinski definition) is 5. The number of benzene rings is 1. The van der Waals surface area contributed by atoms with Crippen LogP contribution in [0.1, 0.15) is 32.3 Å². The predicted molar refractivity (Wildman–Crippen MR) is 81.1 cm³/mol. The summed E-state index contributed by atoms with van der Waals surface area (Å²) < 4.78 is 1.67. The summed E-state index contributed by atoms with van der Waals surface area (Å²) in [4.78, 5) is 16.8. The first-order valence-electron chi connectivity index (χ1n) is 6.57. The monoisotopic (exact) mass is 298 g/mol. The minimum atomic E-state index is 0.365. The highest BCUT2D eigenvalue weighted by atomic mass is 32.1. The van der Waals surface area contributed by atoms with Crippen molar-refractivity contribution >= 4 is 17.6 Å². The Labute approximate surface area is 126 Å². The van der Waals surface area contributed by atoms with Gasteiger partial charge >= 0.3 is 0 Å². The van der Waals surface area contributed by atoms with Gasteiger partial charge in [-0.15, -0.1) is 5.10 Å². The third kappa shape index (κ3) is 2.62. The Morgan fingerprint density at radius 2 is 2.00 bits per heavy atom. The summed E-state index contributed by atoms with van der Waals surface area (Å²) in [6, 6.07) is 9.95. The number of aldehydes is 1. The van der Waals surface area contributed by atoms with Gasteiger partial charge in [0.15, 0.2) is 6.29 Å². The summed E-state index contributed by atoms with van der Waals surface area (Å²) in [7, 11) is 0. The standard InChI is InChI=1S/C15H14N4OS/c1-10-11(2)21-15(16-10)19-14(13(9-20)17-18-19)8-12-6-4-3-5-7-12/h3-7,9H,8H2,1-2H3. The second kappa shape index (κ2) is 5.57. The summed E-state index contributed by atoms with van der Waals surface area (Å²) in [6.45, 7) is 3.98. The van der Waals surface area contributed by atoms with E-state index in [0.717, 1.165) is 33.2 Å². The fraction of sp³-hybridized carbons (Fsp3) is 0.200. The summed E-state index contributed by atoms with van der Waals surface area (Å²) in [5.74, 6) is 0. The van der Waals surface area contributed by atoms with Crippen LogP contribution >= 0.6 is 11.3 Å². The van der Waals surface area contributed by atoms with Crippen molar-refractivity contribution in [2.45, 2.75) is 20.3 Å². The van der Waals surface area contributed by atoms with Crippen LogP contribution in [-0.2, 0) is 6.42 Å². The molecule has 0 bridgehead atoms. The van der Waals surface area contributed by atoms with Gasteiger partial charge in [0.2, 0.25) is 5.13 Å².